The molecule has 0 unspecified atom stereocenters. The van der Waals surface area contributed by atoms with E-state index >= 15 is 0 Å². The van der Waals surface area contributed by atoms with Gasteiger partial charge < -0.3 is 10.2 Å². The predicted octanol–water partition coefficient (Wildman–Crippen LogP) is 1.64. The molecular weight excluding hydrogens is 272 g/mol. The Morgan fingerprint density at radius 2 is 1.00 bits per heavy atom. The monoisotopic (exact) mass is 276 g/mol. The molecule has 0 amide bonds. The molecular formula is C6H6Cl2O4Zn. The Bertz CT molecular complexity index is 179. The minimum Gasteiger partial charge on any atom is -0.477 e. The van der Waals surface area contributed by atoms with Crippen LogP contribution in [0.3, 0.4) is 0 Å². The van der Waals surface area contributed by atoms with Gasteiger partial charge in [0.05, 0.1) is 0 Å². The summed E-state index contributed by atoms with van der Waals surface area (Å²) in [5, 5.41) is 14.8. The van der Waals surface area contributed by atoms with E-state index in [1.165, 1.54) is 0 Å². The van der Waals surface area contributed by atoms with Crippen molar-refractivity contribution in [3.05, 3.63) is 23.2 Å². The van der Waals surface area contributed by atoms with Crippen LogP contribution in [0.25, 0.3) is 0 Å². The van der Waals surface area contributed by atoms with Crippen LogP contribution in [0.15, 0.2) is 23.2 Å². The van der Waals surface area contributed by atoms with E-state index in [-0.39, 0.29) is 29.5 Å². The summed E-state index contributed by atoms with van der Waals surface area (Å²) in [6, 6.07) is 0. The molecule has 2 N–H and O–H groups in total. The van der Waals surface area contributed by atoms with E-state index in [0.717, 1.165) is 0 Å². The van der Waals surface area contributed by atoms with Crippen molar-refractivity contribution >= 4 is 35.1 Å². The third-order valence-corrected chi connectivity index (χ3v) is 0.787. The number of rotatable bonds is 2. The van der Waals surface area contributed by atoms with E-state index in [9.17, 15) is 9.59 Å². The molecule has 0 heterocycles. The molecule has 0 bridgehead atoms. The first-order chi connectivity index (χ1) is 5.29. The molecule has 13 heavy (non-hydrogen) atoms. The standard InChI is InChI=1S/2C3H3ClO2.Zn/c2*1-2(4)3(5)6;/h2*1H2,(H,5,6);. The topological polar surface area (TPSA) is 74.6 Å². The van der Waals surface area contributed by atoms with Crippen LogP contribution in [-0.4, -0.2) is 22.2 Å². The molecule has 0 saturated heterocycles. The number of aliphatic carboxylic acids is 2. The molecule has 70 valence electrons. The summed E-state index contributed by atoms with van der Waals surface area (Å²) in [5.74, 6) is -2.34. The van der Waals surface area contributed by atoms with Crippen LogP contribution in [0, 0.1) is 0 Å². The molecule has 0 aliphatic carbocycles. The van der Waals surface area contributed by atoms with Crippen LogP contribution >= 0.6 is 23.2 Å². The van der Waals surface area contributed by atoms with E-state index in [1.807, 2.05) is 0 Å². The first-order valence-corrected chi connectivity index (χ1v) is 3.20. The van der Waals surface area contributed by atoms with Gasteiger partial charge in [-0.1, -0.05) is 36.4 Å². The van der Waals surface area contributed by atoms with Crippen LogP contribution in [-0.2, 0) is 29.1 Å². The summed E-state index contributed by atoms with van der Waals surface area (Å²) >= 11 is 9.64. The normalized spacial score (nSPS) is 6.92. The largest absolute Gasteiger partial charge is 0.477 e. The Morgan fingerprint density at radius 1 is 0.923 bits per heavy atom. The minimum atomic E-state index is -1.17. The van der Waals surface area contributed by atoms with Crippen molar-refractivity contribution in [2.24, 2.45) is 0 Å². The number of carboxylic acids is 2. The van der Waals surface area contributed by atoms with Gasteiger partial charge in [0, 0.05) is 19.5 Å². The average Bonchev–Trinajstić information content (AvgIpc) is 1.88. The summed E-state index contributed by atoms with van der Waals surface area (Å²) in [5.41, 5.74) is 0. The van der Waals surface area contributed by atoms with Crippen molar-refractivity contribution in [1.82, 2.24) is 0 Å². The Balaban J connectivity index is -0.000000143. The van der Waals surface area contributed by atoms with Gasteiger partial charge in [0.1, 0.15) is 10.1 Å². The van der Waals surface area contributed by atoms with Gasteiger partial charge in [-0.15, -0.1) is 0 Å². The molecule has 0 aromatic rings. The Hall–Kier alpha value is -0.377. The Morgan fingerprint density at radius 3 is 1.00 bits per heavy atom. The van der Waals surface area contributed by atoms with E-state index in [2.05, 4.69) is 13.2 Å². The molecule has 0 aromatic heterocycles. The maximum absolute atomic E-state index is 9.47. The molecule has 0 spiro atoms. The number of hydrogen-bond donors (Lipinski definition) is 2. The van der Waals surface area contributed by atoms with Crippen LogP contribution in [0.2, 0.25) is 0 Å². The van der Waals surface area contributed by atoms with Crippen molar-refractivity contribution in [1.29, 1.82) is 0 Å². The third-order valence-electron chi connectivity index (χ3n) is 0.464. The maximum Gasteiger partial charge on any atom is 0.346 e. The second-order valence-corrected chi connectivity index (χ2v) is 2.33. The second kappa shape index (κ2) is 9.71. The van der Waals surface area contributed by atoms with Crippen LogP contribution in [0.5, 0.6) is 0 Å². The fraction of sp³-hybridized carbons (Fsp3) is 0. The fourth-order valence-corrected chi connectivity index (χ4v) is 0. The van der Waals surface area contributed by atoms with Crippen molar-refractivity contribution in [3.8, 4) is 0 Å². The molecule has 0 saturated carbocycles. The van der Waals surface area contributed by atoms with Crippen LogP contribution < -0.4 is 0 Å². The van der Waals surface area contributed by atoms with E-state index in [0.29, 0.717) is 0 Å². The van der Waals surface area contributed by atoms with Gasteiger partial charge in [0.25, 0.3) is 0 Å². The van der Waals surface area contributed by atoms with Gasteiger partial charge in [-0.3, -0.25) is 0 Å². The van der Waals surface area contributed by atoms with Gasteiger partial charge in [-0.25, -0.2) is 9.59 Å². The molecule has 0 aliphatic heterocycles. The molecule has 0 radical (unpaired) electrons. The van der Waals surface area contributed by atoms with Gasteiger partial charge in [0.15, 0.2) is 0 Å². The minimum absolute atomic E-state index is 0. The smallest absolute Gasteiger partial charge is 0.346 e. The zero-order valence-corrected chi connectivity index (χ0v) is 11.1. The van der Waals surface area contributed by atoms with Gasteiger partial charge >= 0.3 is 11.9 Å². The zero-order chi connectivity index (χ0) is 10.3. The van der Waals surface area contributed by atoms with Gasteiger partial charge in [-0.05, 0) is 0 Å². The third kappa shape index (κ3) is 18.5. The fourth-order valence-electron chi connectivity index (χ4n) is 0. The summed E-state index contributed by atoms with van der Waals surface area (Å²) < 4.78 is 0. The van der Waals surface area contributed by atoms with Crippen molar-refractivity contribution in [2.45, 2.75) is 0 Å². The molecule has 4 nitrogen and oxygen atoms in total. The number of carbonyl (C=O) groups is 2. The summed E-state index contributed by atoms with van der Waals surface area (Å²) in [6.07, 6.45) is 0. The average molecular weight is 278 g/mol. The van der Waals surface area contributed by atoms with Gasteiger partial charge in [-0.2, -0.15) is 0 Å². The molecule has 0 aromatic carbocycles. The first kappa shape index (κ1) is 18.4. The van der Waals surface area contributed by atoms with E-state index < -0.39 is 11.9 Å². The zero-order valence-electron chi connectivity index (χ0n) is 6.59. The first-order valence-electron chi connectivity index (χ1n) is 2.44. The number of halogens is 2. The molecule has 0 rings (SSSR count). The molecule has 0 aliphatic rings. The van der Waals surface area contributed by atoms with Crippen molar-refractivity contribution in [3.63, 3.8) is 0 Å². The van der Waals surface area contributed by atoms with Crippen molar-refractivity contribution in [2.75, 3.05) is 0 Å². The van der Waals surface area contributed by atoms with Gasteiger partial charge in [0.2, 0.25) is 0 Å². The Labute approximate surface area is 97.6 Å². The summed E-state index contributed by atoms with van der Waals surface area (Å²) in [4.78, 5) is 18.9. The summed E-state index contributed by atoms with van der Waals surface area (Å²) in [7, 11) is 0. The van der Waals surface area contributed by atoms with Crippen LogP contribution in [0.4, 0.5) is 0 Å². The number of hydrogen-bond acceptors (Lipinski definition) is 2. The Kier molecular flexibility index (Phi) is 13.8. The molecule has 0 fully saturated rings. The van der Waals surface area contributed by atoms with E-state index in [4.69, 9.17) is 33.4 Å². The van der Waals surface area contributed by atoms with E-state index in [1.54, 1.807) is 0 Å². The quantitative estimate of drug-likeness (QED) is 0.595. The molecule has 7 heteroatoms. The van der Waals surface area contributed by atoms with Crippen LogP contribution in [0.1, 0.15) is 0 Å². The maximum atomic E-state index is 9.47. The molecule has 0 atom stereocenters. The summed E-state index contributed by atoms with van der Waals surface area (Å²) in [6.45, 7) is 5.84. The SMILES string of the molecule is C=C(Cl)C(=O)O.C=C(Cl)C(=O)O.[Zn]. The number of carboxylic acid groups (broad SMARTS) is 2. The van der Waals surface area contributed by atoms with Crippen molar-refractivity contribution < 1.29 is 39.3 Å². The second-order valence-electron chi connectivity index (χ2n) is 1.42. The predicted molar refractivity (Wildman–Crippen MR) is 45.3 cm³/mol.